The van der Waals surface area contributed by atoms with Crippen molar-refractivity contribution in [1.82, 2.24) is 0 Å². The van der Waals surface area contributed by atoms with Gasteiger partial charge in [-0.05, 0) is 41.5 Å². The van der Waals surface area contributed by atoms with E-state index in [1.54, 1.807) is 36.4 Å². The topological polar surface area (TPSA) is 69.2 Å². The Kier molecular flexibility index (Phi) is 5.86. The second kappa shape index (κ2) is 7.87. The molecule has 0 spiro atoms. The maximum atomic E-state index is 11.8. The highest BCUT2D eigenvalue weighted by Crippen LogP contribution is 2.16. The van der Waals surface area contributed by atoms with Crippen LogP contribution >= 0.6 is 23.4 Å². The summed E-state index contributed by atoms with van der Waals surface area (Å²) < 4.78 is 0. The smallest absolute Gasteiger partial charge is 0.234 e. The molecule has 6 heteroatoms. The van der Waals surface area contributed by atoms with Crippen LogP contribution in [0.2, 0.25) is 5.02 Å². The van der Waals surface area contributed by atoms with Crippen molar-refractivity contribution in [3.63, 3.8) is 0 Å². The molecule has 0 unspecified atom stereocenters. The van der Waals surface area contributed by atoms with E-state index in [1.165, 1.54) is 17.8 Å². The van der Waals surface area contributed by atoms with Crippen molar-refractivity contribution in [1.29, 1.82) is 0 Å². The largest absolute Gasteiger partial charge is 0.545 e. The predicted molar refractivity (Wildman–Crippen MR) is 87.0 cm³/mol. The average molecular weight is 335 g/mol. The van der Waals surface area contributed by atoms with E-state index in [-0.39, 0.29) is 17.2 Å². The van der Waals surface area contributed by atoms with Gasteiger partial charge >= 0.3 is 0 Å². The van der Waals surface area contributed by atoms with Crippen LogP contribution in [0.5, 0.6) is 0 Å². The number of carbonyl (C=O) groups is 2. The molecule has 1 amide bonds. The molecule has 22 heavy (non-hydrogen) atoms. The minimum absolute atomic E-state index is 0.122. The number of nitrogens with one attached hydrogen (secondary N) is 1. The fourth-order valence-electron chi connectivity index (χ4n) is 1.78. The first-order valence-corrected chi connectivity index (χ1v) is 8.01. The van der Waals surface area contributed by atoms with E-state index in [4.69, 9.17) is 11.6 Å². The first-order valence-electron chi connectivity index (χ1n) is 6.48. The molecular formula is C16H13ClNO3S-. The molecule has 0 aliphatic rings. The van der Waals surface area contributed by atoms with Gasteiger partial charge in [0.25, 0.3) is 0 Å². The number of anilines is 1. The normalized spacial score (nSPS) is 10.2. The first kappa shape index (κ1) is 16.4. The number of hydrogen-bond acceptors (Lipinski definition) is 4. The highest BCUT2D eigenvalue weighted by atomic mass is 35.5. The molecule has 0 bridgehead atoms. The lowest BCUT2D eigenvalue weighted by atomic mass is 10.1. The van der Waals surface area contributed by atoms with Gasteiger partial charge < -0.3 is 15.2 Å². The molecule has 1 N–H and O–H groups in total. The molecule has 0 aromatic heterocycles. The maximum absolute atomic E-state index is 11.8. The van der Waals surface area contributed by atoms with Crippen LogP contribution in [0, 0.1) is 0 Å². The van der Waals surface area contributed by atoms with Gasteiger partial charge in [-0.2, -0.15) is 0 Å². The van der Waals surface area contributed by atoms with Gasteiger partial charge in [0, 0.05) is 16.5 Å². The number of halogens is 1. The number of carboxylic acid groups (broad SMARTS) is 1. The molecule has 2 aromatic rings. The minimum Gasteiger partial charge on any atom is -0.545 e. The third-order valence-electron chi connectivity index (χ3n) is 2.79. The lowest BCUT2D eigenvalue weighted by Crippen LogP contribution is -2.22. The molecule has 2 rings (SSSR count). The summed E-state index contributed by atoms with van der Waals surface area (Å²) in [6.07, 6.45) is 0. The van der Waals surface area contributed by atoms with Crippen molar-refractivity contribution < 1.29 is 14.7 Å². The van der Waals surface area contributed by atoms with Gasteiger partial charge in [0.05, 0.1) is 11.7 Å². The van der Waals surface area contributed by atoms with Crippen molar-refractivity contribution in [2.45, 2.75) is 5.75 Å². The number of thioether (sulfide) groups is 1. The first-order chi connectivity index (χ1) is 10.5. The van der Waals surface area contributed by atoms with Crippen LogP contribution in [-0.2, 0) is 10.5 Å². The molecule has 4 nitrogen and oxygen atoms in total. The van der Waals surface area contributed by atoms with Gasteiger partial charge in [-0.25, -0.2) is 0 Å². The second-order valence-electron chi connectivity index (χ2n) is 4.54. The van der Waals surface area contributed by atoms with Crippen molar-refractivity contribution >= 4 is 40.9 Å². The average Bonchev–Trinajstić information content (AvgIpc) is 2.50. The van der Waals surface area contributed by atoms with Gasteiger partial charge in [0.1, 0.15) is 0 Å². The van der Waals surface area contributed by atoms with Crippen LogP contribution in [0.25, 0.3) is 0 Å². The minimum atomic E-state index is -1.20. The van der Waals surface area contributed by atoms with Crippen LogP contribution in [0.3, 0.4) is 0 Å². The summed E-state index contributed by atoms with van der Waals surface area (Å²) in [5.74, 6) is -0.497. The Morgan fingerprint density at radius 2 is 1.86 bits per heavy atom. The van der Waals surface area contributed by atoms with E-state index < -0.39 is 5.97 Å². The van der Waals surface area contributed by atoms with Crippen molar-refractivity contribution in [2.24, 2.45) is 0 Å². The molecule has 0 aliphatic heterocycles. The van der Waals surface area contributed by atoms with Gasteiger partial charge in [0.15, 0.2) is 0 Å². The van der Waals surface area contributed by atoms with Gasteiger partial charge in [-0.1, -0.05) is 29.8 Å². The lowest BCUT2D eigenvalue weighted by Gasteiger charge is -2.07. The van der Waals surface area contributed by atoms with Crippen molar-refractivity contribution in [3.8, 4) is 0 Å². The Balaban J connectivity index is 1.80. The van der Waals surface area contributed by atoms with Gasteiger partial charge in [0.2, 0.25) is 5.91 Å². The van der Waals surface area contributed by atoms with Crippen molar-refractivity contribution in [3.05, 3.63) is 64.7 Å². The number of hydrogen-bond donors (Lipinski definition) is 1. The molecule has 0 atom stereocenters. The van der Waals surface area contributed by atoms with Gasteiger partial charge in [-0.15, -0.1) is 11.8 Å². The molecule has 0 radical (unpaired) electrons. The van der Waals surface area contributed by atoms with Crippen LogP contribution in [0.4, 0.5) is 5.69 Å². The molecule has 0 heterocycles. The third-order valence-corrected chi connectivity index (χ3v) is 4.05. The molecule has 0 aliphatic carbocycles. The summed E-state index contributed by atoms with van der Waals surface area (Å²) in [6, 6.07) is 13.4. The molecule has 114 valence electrons. The van der Waals surface area contributed by atoms with Crippen LogP contribution < -0.4 is 10.4 Å². The van der Waals surface area contributed by atoms with E-state index in [0.717, 1.165) is 5.56 Å². The standard InChI is InChI=1S/C16H14ClNO3S/c17-13-4-6-14(7-5-13)18-15(19)10-22-9-11-2-1-3-12(8-11)16(20)21/h1-8H,9-10H2,(H,18,19)(H,20,21)/p-1. The summed E-state index contributed by atoms with van der Waals surface area (Å²) in [6.45, 7) is 0. The summed E-state index contributed by atoms with van der Waals surface area (Å²) in [5, 5.41) is 14.1. The molecule has 0 saturated heterocycles. The SMILES string of the molecule is O=C(CSCc1cccc(C(=O)[O-])c1)Nc1ccc(Cl)cc1. The monoisotopic (exact) mass is 334 g/mol. The zero-order chi connectivity index (χ0) is 15.9. The van der Waals surface area contributed by atoms with E-state index in [1.807, 2.05) is 6.07 Å². The Morgan fingerprint density at radius 1 is 1.14 bits per heavy atom. The lowest BCUT2D eigenvalue weighted by molar-refractivity contribution is -0.255. The van der Waals surface area contributed by atoms with E-state index in [0.29, 0.717) is 16.5 Å². The fraction of sp³-hybridized carbons (Fsp3) is 0.125. The summed E-state index contributed by atoms with van der Waals surface area (Å²) >= 11 is 7.18. The maximum Gasteiger partial charge on any atom is 0.234 e. The predicted octanol–water partition coefficient (Wildman–Crippen LogP) is 2.58. The Hall–Kier alpha value is -1.98. The van der Waals surface area contributed by atoms with Gasteiger partial charge in [-0.3, -0.25) is 4.79 Å². The quantitative estimate of drug-likeness (QED) is 0.881. The molecular weight excluding hydrogens is 322 g/mol. The number of amides is 1. The summed E-state index contributed by atoms with van der Waals surface area (Å²) in [5.41, 5.74) is 1.67. The number of carboxylic acids is 1. The Morgan fingerprint density at radius 3 is 2.55 bits per heavy atom. The molecule has 2 aromatic carbocycles. The zero-order valence-electron chi connectivity index (χ0n) is 11.5. The van der Waals surface area contributed by atoms with Crippen LogP contribution in [-0.4, -0.2) is 17.6 Å². The molecule has 0 fully saturated rings. The number of rotatable bonds is 6. The van der Waals surface area contributed by atoms with E-state index in [2.05, 4.69) is 5.32 Å². The number of aromatic carboxylic acids is 1. The van der Waals surface area contributed by atoms with Crippen LogP contribution in [0.15, 0.2) is 48.5 Å². The highest BCUT2D eigenvalue weighted by molar-refractivity contribution is 7.99. The van der Waals surface area contributed by atoms with Crippen molar-refractivity contribution in [2.75, 3.05) is 11.1 Å². The number of carbonyl (C=O) groups excluding carboxylic acids is 2. The Labute approximate surface area is 137 Å². The molecule has 0 saturated carbocycles. The van der Waals surface area contributed by atoms with E-state index >= 15 is 0 Å². The number of benzene rings is 2. The second-order valence-corrected chi connectivity index (χ2v) is 5.96. The summed E-state index contributed by atoms with van der Waals surface area (Å²) in [7, 11) is 0. The fourth-order valence-corrected chi connectivity index (χ4v) is 2.68. The third kappa shape index (κ3) is 5.09. The zero-order valence-corrected chi connectivity index (χ0v) is 13.1. The summed E-state index contributed by atoms with van der Waals surface area (Å²) in [4.78, 5) is 22.6. The Bertz CT molecular complexity index is 673. The highest BCUT2D eigenvalue weighted by Gasteiger charge is 2.04. The van der Waals surface area contributed by atoms with E-state index in [9.17, 15) is 14.7 Å². The van der Waals surface area contributed by atoms with Crippen LogP contribution in [0.1, 0.15) is 15.9 Å².